The second kappa shape index (κ2) is 3.18. The molecule has 0 bridgehead atoms. The molecule has 0 aromatic rings. The highest BCUT2D eigenvalue weighted by Gasteiger charge is 2.70. The van der Waals surface area contributed by atoms with E-state index in [1.165, 1.54) is 0 Å². The summed E-state index contributed by atoms with van der Waals surface area (Å²) in [5.74, 6) is 0. The Hall–Kier alpha value is -0.200. The molecule has 0 fully saturated rings. The van der Waals surface area contributed by atoms with Crippen molar-refractivity contribution in [3.05, 3.63) is 0 Å². The van der Waals surface area contributed by atoms with Crippen LogP contribution in [0.3, 0.4) is 0 Å². The minimum absolute atomic E-state index is 0.252. The minimum atomic E-state index is -5.89. The molecule has 0 radical (unpaired) electrons. The van der Waals surface area contributed by atoms with Crippen LogP contribution >= 0.6 is 11.6 Å². The first-order chi connectivity index (χ1) is 5.44. The number of hydrogen-bond acceptors (Lipinski definition) is 0. The molecule has 0 aliphatic carbocycles. The van der Waals surface area contributed by atoms with Crippen molar-refractivity contribution in [1.82, 2.24) is 0 Å². The minimum Gasteiger partial charge on any atom is -0.232 e. The lowest BCUT2D eigenvalue weighted by molar-refractivity contribution is -0.253. The molecular weight excluding hydrogens is 228 g/mol. The molecule has 0 amide bonds. The standard InChI is InChI=1S/C5H4ClF7/c1-3(9,2(7)8)4(6,10)5(11,12)13/h2H,1H3. The molecule has 0 saturated carbocycles. The smallest absolute Gasteiger partial charge is 0.232 e. The fourth-order valence-electron chi connectivity index (χ4n) is 0.414. The maximum absolute atomic E-state index is 12.5. The Kier molecular flexibility index (Phi) is 3.13. The molecule has 0 aliphatic rings. The molecule has 0 heterocycles. The Morgan fingerprint density at radius 2 is 1.31 bits per heavy atom. The van der Waals surface area contributed by atoms with Crippen LogP contribution in [0.4, 0.5) is 30.7 Å². The molecule has 0 N–H and O–H groups in total. The molecule has 2 atom stereocenters. The van der Waals surface area contributed by atoms with E-state index in [9.17, 15) is 30.7 Å². The van der Waals surface area contributed by atoms with Crippen LogP contribution in [0.15, 0.2) is 0 Å². The summed E-state index contributed by atoms with van der Waals surface area (Å²) >= 11 is 4.05. The summed E-state index contributed by atoms with van der Waals surface area (Å²) < 4.78 is 83.0. The molecule has 8 heteroatoms. The Labute approximate surface area is 73.7 Å². The molecule has 0 aromatic carbocycles. The first-order valence-corrected chi connectivity index (χ1v) is 3.24. The summed E-state index contributed by atoms with van der Waals surface area (Å²) in [4.78, 5) is 0. The van der Waals surface area contributed by atoms with E-state index in [1.54, 1.807) is 0 Å². The van der Waals surface area contributed by atoms with Gasteiger partial charge in [0.1, 0.15) is 0 Å². The van der Waals surface area contributed by atoms with Gasteiger partial charge in [-0.3, -0.25) is 0 Å². The fourth-order valence-corrected chi connectivity index (χ4v) is 0.497. The van der Waals surface area contributed by atoms with Crippen LogP contribution in [0, 0.1) is 0 Å². The van der Waals surface area contributed by atoms with E-state index in [2.05, 4.69) is 11.6 Å². The van der Waals surface area contributed by atoms with E-state index >= 15 is 0 Å². The fraction of sp³-hybridized carbons (Fsp3) is 1.00. The van der Waals surface area contributed by atoms with Gasteiger partial charge < -0.3 is 0 Å². The predicted octanol–water partition coefficient (Wildman–Crippen LogP) is 3.45. The zero-order valence-electron chi connectivity index (χ0n) is 6.10. The summed E-state index contributed by atoms with van der Waals surface area (Å²) in [5, 5.41) is -5.09. The van der Waals surface area contributed by atoms with Gasteiger partial charge in [0.15, 0.2) is 0 Å². The van der Waals surface area contributed by atoms with Gasteiger partial charge in [-0.1, -0.05) is 11.6 Å². The molecule has 0 aliphatic heterocycles. The monoisotopic (exact) mass is 232 g/mol. The van der Waals surface area contributed by atoms with E-state index < -0.39 is 23.4 Å². The average Bonchev–Trinajstić information content (AvgIpc) is 1.84. The lowest BCUT2D eigenvalue weighted by atomic mass is 10.0. The van der Waals surface area contributed by atoms with Gasteiger partial charge in [-0.05, 0) is 6.92 Å². The normalized spacial score (nSPS) is 22.6. The molecule has 0 aromatic heterocycles. The largest absolute Gasteiger partial charge is 0.440 e. The van der Waals surface area contributed by atoms with Gasteiger partial charge in [-0.25, -0.2) is 17.6 Å². The summed E-state index contributed by atoms with van der Waals surface area (Å²) in [6.45, 7) is -0.252. The number of rotatable bonds is 2. The first-order valence-electron chi connectivity index (χ1n) is 2.86. The molecular formula is C5H4ClF7. The molecule has 80 valence electrons. The molecule has 2 unspecified atom stereocenters. The molecule has 0 saturated heterocycles. The van der Waals surface area contributed by atoms with E-state index in [1.807, 2.05) is 0 Å². The highest BCUT2D eigenvalue weighted by Crippen LogP contribution is 2.49. The van der Waals surface area contributed by atoms with Gasteiger partial charge >= 0.3 is 11.3 Å². The topological polar surface area (TPSA) is 0 Å². The molecule has 0 spiro atoms. The van der Waals surface area contributed by atoms with Crippen LogP contribution in [0.1, 0.15) is 6.92 Å². The highest BCUT2D eigenvalue weighted by atomic mass is 35.5. The molecule has 0 rings (SSSR count). The summed E-state index contributed by atoms with van der Waals surface area (Å²) in [6, 6.07) is 0. The number of alkyl halides is 8. The molecule has 13 heavy (non-hydrogen) atoms. The van der Waals surface area contributed by atoms with Crippen molar-refractivity contribution in [2.75, 3.05) is 0 Å². The van der Waals surface area contributed by atoms with Crippen molar-refractivity contribution < 1.29 is 30.7 Å². The third-order valence-electron chi connectivity index (χ3n) is 1.38. The van der Waals surface area contributed by atoms with Crippen LogP contribution in [0.5, 0.6) is 0 Å². The van der Waals surface area contributed by atoms with Gasteiger partial charge in [0, 0.05) is 0 Å². The van der Waals surface area contributed by atoms with E-state index in [0.29, 0.717) is 0 Å². The predicted molar refractivity (Wildman–Crippen MR) is 31.3 cm³/mol. The van der Waals surface area contributed by atoms with E-state index in [0.717, 1.165) is 0 Å². The maximum atomic E-state index is 12.5. The van der Waals surface area contributed by atoms with Crippen molar-refractivity contribution >= 4 is 11.6 Å². The van der Waals surface area contributed by atoms with Crippen molar-refractivity contribution in [1.29, 1.82) is 0 Å². The second-order valence-corrected chi connectivity index (χ2v) is 2.97. The summed E-state index contributed by atoms with van der Waals surface area (Å²) in [6.07, 6.45) is -10.1. The van der Waals surface area contributed by atoms with Crippen LogP contribution in [-0.4, -0.2) is 23.4 Å². The number of hydrogen-bond donors (Lipinski definition) is 0. The Morgan fingerprint density at radius 1 is 1.00 bits per heavy atom. The maximum Gasteiger partial charge on any atom is 0.440 e. The van der Waals surface area contributed by atoms with Gasteiger partial charge in [0.25, 0.3) is 6.43 Å². The number of halogens is 8. The zero-order chi connectivity index (χ0) is 11.1. The van der Waals surface area contributed by atoms with Crippen LogP contribution in [0.2, 0.25) is 0 Å². The van der Waals surface area contributed by atoms with Gasteiger partial charge in [-0.15, -0.1) is 0 Å². The van der Waals surface area contributed by atoms with Crippen LogP contribution in [0.25, 0.3) is 0 Å². The van der Waals surface area contributed by atoms with Crippen LogP contribution in [-0.2, 0) is 0 Å². The van der Waals surface area contributed by atoms with Crippen molar-refractivity contribution in [2.24, 2.45) is 0 Å². The zero-order valence-corrected chi connectivity index (χ0v) is 6.86. The third kappa shape index (κ3) is 2.00. The highest BCUT2D eigenvalue weighted by molar-refractivity contribution is 6.24. The third-order valence-corrected chi connectivity index (χ3v) is 1.96. The van der Waals surface area contributed by atoms with Crippen molar-refractivity contribution in [3.63, 3.8) is 0 Å². The van der Waals surface area contributed by atoms with Gasteiger partial charge in [-0.2, -0.15) is 13.2 Å². The Morgan fingerprint density at radius 3 is 1.38 bits per heavy atom. The van der Waals surface area contributed by atoms with E-state index in [-0.39, 0.29) is 6.92 Å². The SMILES string of the molecule is CC(F)(C(F)F)C(F)(Cl)C(F)(F)F. The Bertz CT molecular complexity index is 182. The summed E-state index contributed by atoms with van der Waals surface area (Å²) in [7, 11) is 0. The van der Waals surface area contributed by atoms with Gasteiger partial charge in [0.2, 0.25) is 5.67 Å². The lowest BCUT2D eigenvalue weighted by Gasteiger charge is -2.32. The second-order valence-electron chi connectivity index (χ2n) is 2.45. The Balaban J connectivity index is 5.04. The lowest BCUT2D eigenvalue weighted by Crippen LogP contribution is -2.55. The molecule has 0 nitrogen and oxygen atoms in total. The van der Waals surface area contributed by atoms with Crippen LogP contribution < -0.4 is 0 Å². The first kappa shape index (κ1) is 12.8. The van der Waals surface area contributed by atoms with Crippen molar-refractivity contribution in [2.45, 2.75) is 30.3 Å². The average molecular weight is 233 g/mol. The van der Waals surface area contributed by atoms with Gasteiger partial charge in [0.05, 0.1) is 0 Å². The van der Waals surface area contributed by atoms with E-state index in [4.69, 9.17) is 0 Å². The van der Waals surface area contributed by atoms with Crippen molar-refractivity contribution in [3.8, 4) is 0 Å². The quantitative estimate of drug-likeness (QED) is 0.505. The summed E-state index contributed by atoms with van der Waals surface area (Å²) in [5.41, 5.74) is -4.48.